The number of amides is 1. The van der Waals surface area contributed by atoms with Crippen LogP contribution in [-0.2, 0) is 20.9 Å². The van der Waals surface area contributed by atoms with E-state index in [2.05, 4.69) is 5.32 Å². The number of rotatable bonds is 8. The topological polar surface area (TPSA) is 111 Å². The number of carboxylic acids is 1. The number of aliphatic carboxylic acids is 1. The molecule has 0 atom stereocenters. The Morgan fingerprint density at radius 3 is 2.54 bits per heavy atom. The fourth-order valence-electron chi connectivity index (χ4n) is 2.14. The van der Waals surface area contributed by atoms with Crippen LogP contribution in [-0.4, -0.2) is 36.8 Å². The number of carboxylic acid groups (broad SMARTS) is 1. The van der Waals surface area contributed by atoms with Crippen molar-refractivity contribution in [1.82, 2.24) is 5.32 Å². The second kappa shape index (κ2) is 10.4. The SMILES string of the molecule is COc1cc(OC(=O)CNC(=O)OCc2ccccc2)ccc1/C=C/C(=O)O. The van der Waals surface area contributed by atoms with Gasteiger partial charge in [0.05, 0.1) is 7.11 Å². The van der Waals surface area contributed by atoms with Crippen molar-refractivity contribution in [2.45, 2.75) is 6.61 Å². The highest BCUT2D eigenvalue weighted by molar-refractivity contribution is 5.86. The van der Waals surface area contributed by atoms with Crippen LogP contribution in [0.5, 0.6) is 11.5 Å². The Morgan fingerprint density at radius 2 is 1.86 bits per heavy atom. The number of carbonyl (C=O) groups is 3. The maximum Gasteiger partial charge on any atom is 0.407 e. The highest BCUT2D eigenvalue weighted by atomic mass is 16.6. The van der Waals surface area contributed by atoms with E-state index in [1.807, 2.05) is 30.3 Å². The van der Waals surface area contributed by atoms with E-state index < -0.39 is 18.0 Å². The van der Waals surface area contributed by atoms with Crippen molar-refractivity contribution in [3.05, 3.63) is 65.7 Å². The zero-order chi connectivity index (χ0) is 20.4. The van der Waals surface area contributed by atoms with Crippen molar-refractivity contribution in [3.63, 3.8) is 0 Å². The second-order valence-electron chi connectivity index (χ2n) is 5.46. The van der Waals surface area contributed by atoms with Gasteiger partial charge in [-0.05, 0) is 23.8 Å². The molecular formula is C20H19NO7. The Kier molecular flexibility index (Phi) is 7.59. The summed E-state index contributed by atoms with van der Waals surface area (Å²) in [6, 6.07) is 13.6. The van der Waals surface area contributed by atoms with Gasteiger partial charge in [-0.2, -0.15) is 0 Å². The molecule has 28 heavy (non-hydrogen) atoms. The number of esters is 1. The molecule has 0 radical (unpaired) electrons. The first-order valence-corrected chi connectivity index (χ1v) is 8.22. The quantitative estimate of drug-likeness (QED) is 0.408. The van der Waals surface area contributed by atoms with Crippen LogP contribution in [0.2, 0.25) is 0 Å². The van der Waals surface area contributed by atoms with Crippen molar-refractivity contribution in [2.75, 3.05) is 13.7 Å². The molecule has 0 aliphatic rings. The van der Waals surface area contributed by atoms with Crippen molar-refractivity contribution < 1.29 is 33.7 Å². The molecule has 0 aliphatic heterocycles. The minimum absolute atomic E-state index is 0.0875. The summed E-state index contributed by atoms with van der Waals surface area (Å²) >= 11 is 0. The van der Waals surface area contributed by atoms with Crippen LogP contribution in [0, 0.1) is 0 Å². The molecule has 0 heterocycles. The summed E-state index contributed by atoms with van der Waals surface area (Å²) in [6.07, 6.45) is 1.58. The van der Waals surface area contributed by atoms with E-state index >= 15 is 0 Å². The normalized spacial score (nSPS) is 10.3. The summed E-state index contributed by atoms with van der Waals surface area (Å²) < 4.78 is 15.3. The molecule has 0 spiro atoms. The molecule has 0 aliphatic carbocycles. The molecule has 2 aromatic rings. The number of hydrogen-bond donors (Lipinski definition) is 2. The first kappa shape index (κ1) is 20.5. The molecule has 0 fully saturated rings. The molecule has 8 heteroatoms. The lowest BCUT2D eigenvalue weighted by atomic mass is 10.1. The first-order valence-electron chi connectivity index (χ1n) is 8.22. The van der Waals surface area contributed by atoms with Crippen LogP contribution in [0.1, 0.15) is 11.1 Å². The molecule has 0 saturated heterocycles. The van der Waals surface area contributed by atoms with Gasteiger partial charge in [-0.3, -0.25) is 0 Å². The van der Waals surface area contributed by atoms with Crippen LogP contribution in [0.3, 0.4) is 0 Å². The fourth-order valence-corrected chi connectivity index (χ4v) is 2.14. The number of hydrogen-bond acceptors (Lipinski definition) is 6. The Balaban J connectivity index is 1.83. The third kappa shape index (κ3) is 6.83. The monoisotopic (exact) mass is 385 g/mol. The molecule has 1 amide bonds. The van der Waals surface area contributed by atoms with Gasteiger partial charge in [0, 0.05) is 17.7 Å². The van der Waals surface area contributed by atoms with Crippen LogP contribution >= 0.6 is 0 Å². The number of ether oxygens (including phenoxy) is 3. The molecule has 8 nitrogen and oxygen atoms in total. The van der Waals surface area contributed by atoms with Crippen molar-refractivity contribution in [2.24, 2.45) is 0 Å². The summed E-state index contributed by atoms with van der Waals surface area (Å²) in [4.78, 5) is 34.1. The van der Waals surface area contributed by atoms with E-state index in [1.165, 1.54) is 25.3 Å². The molecule has 0 unspecified atom stereocenters. The van der Waals surface area contributed by atoms with Gasteiger partial charge in [-0.15, -0.1) is 0 Å². The maximum absolute atomic E-state index is 11.9. The molecule has 0 saturated carbocycles. The summed E-state index contributed by atoms with van der Waals surface area (Å²) in [5.74, 6) is -1.28. The minimum atomic E-state index is -1.09. The second-order valence-corrected chi connectivity index (χ2v) is 5.46. The first-order chi connectivity index (χ1) is 13.5. The highest BCUT2D eigenvalue weighted by Crippen LogP contribution is 2.25. The number of benzene rings is 2. The molecule has 0 bridgehead atoms. The number of alkyl carbamates (subject to hydrolysis) is 1. The summed E-state index contributed by atoms with van der Waals surface area (Å²) in [5, 5.41) is 11.0. The zero-order valence-corrected chi connectivity index (χ0v) is 15.1. The summed E-state index contributed by atoms with van der Waals surface area (Å²) in [7, 11) is 1.41. The number of carbonyl (C=O) groups excluding carboxylic acids is 2. The Morgan fingerprint density at radius 1 is 1.11 bits per heavy atom. The van der Waals surface area contributed by atoms with Gasteiger partial charge in [-0.1, -0.05) is 30.3 Å². The van der Waals surface area contributed by atoms with Crippen LogP contribution in [0.4, 0.5) is 4.79 Å². The van der Waals surface area contributed by atoms with E-state index in [-0.39, 0.29) is 18.9 Å². The summed E-state index contributed by atoms with van der Waals surface area (Å²) in [6.45, 7) is -0.291. The van der Waals surface area contributed by atoms with Gasteiger partial charge in [-0.25, -0.2) is 14.4 Å². The van der Waals surface area contributed by atoms with E-state index in [0.717, 1.165) is 11.6 Å². The van der Waals surface area contributed by atoms with Gasteiger partial charge in [0.15, 0.2) is 0 Å². The largest absolute Gasteiger partial charge is 0.496 e. The lowest BCUT2D eigenvalue weighted by molar-refractivity contribution is -0.133. The van der Waals surface area contributed by atoms with E-state index in [1.54, 1.807) is 6.07 Å². The maximum atomic E-state index is 11.9. The van der Waals surface area contributed by atoms with Gasteiger partial charge in [0.25, 0.3) is 0 Å². The highest BCUT2D eigenvalue weighted by Gasteiger charge is 2.11. The van der Waals surface area contributed by atoms with Crippen LogP contribution in [0.15, 0.2) is 54.6 Å². The lowest BCUT2D eigenvalue weighted by Crippen LogP contribution is -2.32. The number of nitrogens with one attached hydrogen (secondary N) is 1. The van der Waals surface area contributed by atoms with Crippen molar-refractivity contribution >= 4 is 24.1 Å². The van der Waals surface area contributed by atoms with Gasteiger partial charge < -0.3 is 24.6 Å². The molecule has 2 N–H and O–H groups in total. The molecule has 146 valence electrons. The Bertz CT molecular complexity index is 862. The molecular weight excluding hydrogens is 366 g/mol. The van der Waals surface area contributed by atoms with Crippen molar-refractivity contribution in [1.29, 1.82) is 0 Å². The van der Waals surface area contributed by atoms with E-state index in [9.17, 15) is 14.4 Å². The van der Waals surface area contributed by atoms with Gasteiger partial charge in [0.1, 0.15) is 24.7 Å². The fraction of sp³-hybridized carbons (Fsp3) is 0.150. The third-order valence-electron chi connectivity index (χ3n) is 3.43. The smallest absolute Gasteiger partial charge is 0.407 e. The average molecular weight is 385 g/mol. The Hall–Kier alpha value is -3.81. The Labute approximate surface area is 161 Å². The lowest BCUT2D eigenvalue weighted by Gasteiger charge is -2.10. The standard InChI is InChI=1S/C20H19NO7/c1-26-17-11-16(9-7-15(17)8-10-18(22)23)28-19(24)12-21-20(25)27-13-14-5-3-2-4-6-14/h2-11H,12-13H2,1H3,(H,21,25)(H,22,23)/b10-8+. The van der Waals surface area contributed by atoms with E-state index in [0.29, 0.717) is 11.3 Å². The average Bonchev–Trinajstić information content (AvgIpc) is 2.70. The molecule has 2 rings (SSSR count). The minimum Gasteiger partial charge on any atom is -0.496 e. The van der Waals surface area contributed by atoms with Crippen molar-refractivity contribution in [3.8, 4) is 11.5 Å². The van der Waals surface area contributed by atoms with E-state index in [4.69, 9.17) is 19.3 Å². The summed E-state index contributed by atoms with van der Waals surface area (Å²) in [5.41, 5.74) is 1.33. The zero-order valence-electron chi connectivity index (χ0n) is 15.1. The molecule has 2 aromatic carbocycles. The predicted molar refractivity (Wildman–Crippen MR) is 99.9 cm³/mol. The predicted octanol–water partition coefficient (Wildman–Crippen LogP) is 2.62. The third-order valence-corrected chi connectivity index (χ3v) is 3.43. The van der Waals surface area contributed by atoms with Crippen LogP contribution in [0.25, 0.3) is 6.08 Å². The molecule has 0 aromatic heterocycles. The number of methoxy groups -OCH3 is 1. The van der Waals surface area contributed by atoms with Gasteiger partial charge >= 0.3 is 18.0 Å². The van der Waals surface area contributed by atoms with Gasteiger partial charge in [0.2, 0.25) is 0 Å². The van der Waals surface area contributed by atoms with Crippen LogP contribution < -0.4 is 14.8 Å².